The Labute approximate surface area is 183 Å². The van der Waals surface area contributed by atoms with Crippen LogP contribution >= 0.6 is 0 Å². The summed E-state index contributed by atoms with van der Waals surface area (Å²) in [7, 11) is 0. The number of hydrogen-bond acceptors (Lipinski definition) is 4. The van der Waals surface area contributed by atoms with Gasteiger partial charge in [0.1, 0.15) is 5.60 Å². The molecule has 2 N–H and O–H groups in total. The van der Waals surface area contributed by atoms with Crippen LogP contribution in [-0.4, -0.2) is 52.1 Å². The molecule has 2 atom stereocenters. The van der Waals surface area contributed by atoms with Crippen LogP contribution in [0.1, 0.15) is 36.0 Å². The Morgan fingerprint density at radius 3 is 2.61 bits per heavy atom. The van der Waals surface area contributed by atoms with Crippen LogP contribution in [0.15, 0.2) is 59.4 Å². The van der Waals surface area contributed by atoms with Crippen molar-refractivity contribution in [1.82, 2.24) is 14.8 Å². The van der Waals surface area contributed by atoms with Gasteiger partial charge >= 0.3 is 0 Å². The number of nitrogens with zero attached hydrogens (tertiary/aromatic N) is 2. The van der Waals surface area contributed by atoms with Crippen LogP contribution in [0.3, 0.4) is 0 Å². The number of likely N-dealkylation sites (tertiary alicyclic amines) is 2. The molecule has 3 heterocycles. The van der Waals surface area contributed by atoms with E-state index in [1.54, 1.807) is 0 Å². The van der Waals surface area contributed by atoms with Gasteiger partial charge in [-0.1, -0.05) is 48.5 Å². The summed E-state index contributed by atoms with van der Waals surface area (Å²) in [6.07, 6.45) is 3.04. The zero-order valence-corrected chi connectivity index (χ0v) is 18.2. The third-order valence-electron chi connectivity index (χ3n) is 7.21. The van der Waals surface area contributed by atoms with Crippen LogP contribution in [-0.2, 0) is 12.1 Å². The summed E-state index contributed by atoms with van der Waals surface area (Å²) in [4.78, 5) is 20.7. The van der Waals surface area contributed by atoms with Gasteiger partial charge in [0.05, 0.1) is 11.6 Å². The van der Waals surface area contributed by atoms with E-state index in [0.29, 0.717) is 13.0 Å². The molecule has 5 rings (SSSR count). The van der Waals surface area contributed by atoms with Gasteiger partial charge in [0.15, 0.2) is 0 Å². The average molecular weight is 418 g/mol. The van der Waals surface area contributed by atoms with Crippen molar-refractivity contribution in [3.05, 3.63) is 81.6 Å². The summed E-state index contributed by atoms with van der Waals surface area (Å²) in [6.45, 7) is 6.22. The number of para-hydroxylation sites is 1. The summed E-state index contributed by atoms with van der Waals surface area (Å²) >= 11 is 0. The molecule has 0 aliphatic carbocycles. The van der Waals surface area contributed by atoms with Crippen molar-refractivity contribution in [1.29, 1.82) is 0 Å². The van der Waals surface area contributed by atoms with Crippen LogP contribution in [0.25, 0.3) is 10.9 Å². The Morgan fingerprint density at radius 2 is 1.84 bits per heavy atom. The number of aromatic nitrogens is 1. The van der Waals surface area contributed by atoms with Crippen molar-refractivity contribution in [3.8, 4) is 0 Å². The maximum absolute atomic E-state index is 12.8. The quantitative estimate of drug-likeness (QED) is 0.683. The number of aryl methyl sites for hydroxylation is 1. The van der Waals surface area contributed by atoms with Gasteiger partial charge in [-0.05, 0) is 61.9 Å². The van der Waals surface area contributed by atoms with Crippen molar-refractivity contribution in [2.24, 2.45) is 0 Å². The summed E-state index contributed by atoms with van der Waals surface area (Å²) in [6, 6.07) is 18.3. The normalized spacial score (nSPS) is 25.3. The lowest BCUT2D eigenvalue weighted by molar-refractivity contribution is -0.0959. The highest BCUT2D eigenvalue weighted by Gasteiger charge is 2.46. The zero-order chi connectivity index (χ0) is 21.4. The van der Waals surface area contributed by atoms with Gasteiger partial charge in [-0.2, -0.15) is 0 Å². The molecule has 0 unspecified atom stereocenters. The van der Waals surface area contributed by atoms with Crippen LogP contribution in [0.4, 0.5) is 0 Å². The van der Waals surface area contributed by atoms with E-state index >= 15 is 0 Å². The Bertz CT molecular complexity index is 1120. The topological polar surface area (TPSA) is 59.6 Å². The number of piperidine rings is 1. The molecule has 31 heavy (non-hydrogen) atoms. The zero-order valence-electron chi connectivity index (χ0n) is 18.2. The van der Waals surface area contributed by atoms with Crippen molar-refractivity contribution in [2.45, 2.75) is 44.4 Å². The van der Waals surface area contributed by atoms with Crippen LogP contribution in [0.5, 0.6) is 0 Å². The lowest BCUT2D eigenvalue weighted by Gasteiger charge is -2.48. The highest BCUT2D eigenvalue weighted by molar-refractivity contribution is 5.81. The monoisotopic (exact) mass is 417 g/mol. The molecule has 2 aromatic carbocycles. The van der Waals surface area contributed by atoms with Gasteiger partial charge in [-0.3, -0.25) is 14.6 Å². The van der Waals surface area contributed by atoms with Crippen molar-refractivity contribution in [2.75, 3.05) is 26.2 Å². The third-order valence-corrected chi connectivity index (χ3v) is 7.21. The maximum atomic E-state index is 12.8. The minimum absolute atomic E-state index is 0.0107. The molecule has 0 spiro atoms. The highest BCUT2D eigenvalue weighted by atomic mass is 16.3. The molecule has 3 aromatic rings. The predicted molar refractivity (Wildman–Crippen MR) is 124 cm³/mol. The largest absolute Gasteiger partial charge is 0.383 e. The standard InChI is InChI=1S/C26H31N3O2/c1-19-8-7-9-20-16-21(25(30)27-24(19)20)17-28-15-12-26(31,22-10-3-2-4-11-22)23(18-28)29-13-5-6-14-29/h2-4,7-11,16,23,31H,5-6,12-15,17-18H2,1H3,(H,27,30)/t23-,26+/m1/s1. The number of fused-ring (bicyclic) bond motifs is 1. The molecule has 0 amide bonds. The third kappa shape index (κ3) is 3.82. The lowest BCUT2D eigenvalue weighted by Crippen LogP contribution is -2.60. The molecule has 0 bridgehead atoms. The Morgan fingerprint density at radius 1 is 1.06 bits per heavy atom. The molecule has 2 aliphatic rings. The summed E-state index contributed by atoms with van der Waals surface area (Å²) < 4.78 is 0. The second kappa shape index (κ2) is 8.23. The second-order valence-electron chi connectivity index (χ2n) is 9.20. The molecule has 0 radical (unpaired) electrons. The van der Waals surface area contributed by atoms with E-state index in [4.69, 9.17) is 0 Å². The predicted octanol–water partition coefficient (Wildman–Crippen LogP) is 3.39. The van der Waals surface area contributed by atoms with Crippen molar-refractivity contribution >= 4 is 10.9 Å². The van der Waals surface area contributed by atoms with E-state index in [2.05, 4.69) is 33.0 Å². The minimum atomic E-state index is -0.852. The first-order valence-corrected chi connectivity index (χ1v) is 11.4. The van der Waals surface area contributed by atoms with Crippen molar-refractivity contribution < 1.29 is 5.11 Å². The van der Waals surface area contributed by atoms with E-state index in [1.165, 1.54) is 12.8 Å². The first kappa shape index (κ1) is 20.4. The summed E-state index contributed by atoms with van der Waals surface area (Å²) in [5.74, 6) is 0. The van der Waals surface area contributed by atoms with Gasteiger partial charge in [-0.15, -0.1) is 0 Å². The second-order valence-corrected chi connectivity index (χ2v) is 9.20. The molecule has 5 nitrogen and oxygen atoms in total. The van der Waals surface area contributed by atoms with Crippen LogP contribution in [0.2, 0.25) is 0 Å². The fourth-order valence-electron chi connectivity index (χ4n) is 5.45. The van der Waals surface area contributed by atoms with Crippen LogP contribution < -0.4 is 5.56 Å². The number of H-pyrrole nitrogens is 1. The van der Waals surface area contributed by atoms with Gasteiger partial charge in [0.2, 0.25) is 0 Å². The Hall–Kier alpha value is -2.47. The number of benzene rings is 2. The van der Waals surface area contributed by atoms with Gasteiger partial charge in [0, 0.05) is 25.2 Å². The number of hydrogen-bond donors (Lipinski definition) is 2. The van der Waals surface area contributed by atoms with E-state index in [0.717, 1.165) is 53.8 Å². The highest BCUT2D eigenvalue weighted by Crippen LogP contribution is 2.37. The number of aliphatic hydroxyl groups is 1. The first-order chi connectivity index (χ1) is 15.0. The van der Waals surface area contributed by atoms with E-state index in [-0.39, 0.29) is 11.6 Å². The fourth-order valence-corrected chi connectivity index (χ4v) is 5.45. The number of nitrogens with one attached hydrogen (secondary N) is 1. The Kier molecular flexibility index (Phi) is 5.42. The number of pyridine rings is 1. The fraction of sp³-hybridized carbons (Fsp3) is 0.423. The minimum Gasteiger partial charge on any atom is -0.383 e. The smallest absolute Gasteiger partial charge is 0.252 e. The number of rotatable bonds is 4. The molecule has 2 aliphatic heterocycles. The maximum Gasteiger partial charge on any atom is 0.252 e. The lowest BCUT2D eigenvalue weighted by atomic mass is 9.79. The Balaban J connectivity index is 1.43. The summed E-state index contributed by atoms with van der Waals surface area (Å²) in [5, 5.41) is 12.9. The molecule has 162 valence electrons. The van der Waals surface area contributed by atoms with E-state index < -0.39 is 5.60 Å². The van der Waals surface area contributed by atoms with E-state index in [9.17, 15) is 9.90 Å². The van der Waals surface area contributed by atoms with Gasteiger partial charge < -0.3 is 10.1 Å². The first-order valence-electron chi connectivity index (χ1n) is 11.4. The molecule has 5 heteroatoms. The molecule has 0 saturated carbocycles. The van der Waals surface area contributed by atoms with Gasteiger partial charge in [0.25, 0.3) is 5.56 Å². The van der Waals surface area contributed by atoms with Crippen LogP contribution in [0, 0.1) is 6.92 Å². The SMILES string of the molecule is Cc1cccc2cc(CN3CC[C@](O)(c4ccccc4)[C@H](N4CCCC4)C3)c(=O)[nH]c12. The molecular formula is C26H31N3O2. The molecule has 1 aromatic heterocycles. The molecular weight excluding hydrogens is 386 g/mol. The van der Waals surface area contributed by atoms with E-state index in [1.807, 2.05) is 43.3 Å². The van der Waals surface area contributed by atoms with Crippen molar-refractivity contribution in [3.63, 3.8) is 0 Å². The summed E-state index contributed by atoms with van der Waals surface area (Å²) in [5.41, 5.74) is 2.94. The molecule has 2 fully saturated rings. The average Bonchev–Trinajstić information content (AvgIpc) is 3.32. The molecule has 2 saturated heterocycles. The number of aromatic amines is 1. The van der Waals surface area contributed by atoms with Gasteiger partial charge in [-0.25, -0.2) is 0 Å².